The van der Waals surface area contributed by atoms with Gasteiger partial charge in [-0.05, 0) is 25.0 Å². The van der Waals surface area contributed by atoms with Crippen LogP contribution in [-0.4, -0.2) is 11.5 Å². The van der Waals surface area contributed by atoms with Crippen molar-refractivity contribution < 1.29 is 0 Å². The van der Waals surface area contributed by atoms with Gasteiger partial charge < -0.3 is 5.32 Å². The van der Waals surface area contributed by atoms with Gasteiger partial charge in [-0.1, -0.05) is 24.3 Å². The molecular weight excluding hydrogens is 228 g/mol. The predicted octanol–water partition coefficient (Wildman–Crippen LogP) is 3.34. The molecule has 1 N–H and O–H groups in total. The van der Waals surface area contributed by atoms with E-state index < -0.39 is 0 Å². The van der Waals surface area contributed by atoms with Gasteiger partial charge in [0, 0.05) is 24.4 Å². The molecule has 0 saturated heterocycles. The van der Waals surface area contributed by atoms with Crippen LogP contribution in [-0.2, 0) is 6.42 Å². The van der Waals surface area contributed by atoms with Gasteiger partial charge in [-0.25, -0.2) is 4.98 Å². The van der Waals surface area contributed by atoms with E-state index in [0.717, 1.165) is 13.0 Å². The normalized spacial score (nSPS) is 12.6. The van der Waals surface area contributed by atoms with Crippen molar-refractivity contribution in [1.29, 1.82) is 0 Å². The quantitative estimate of drug-likeness (QED) is 0.875. The molecule has 1 unspecified atom stereocenters. The van der Waals surface area contributed by atoms with E-state index in [1.807, 2.05) is 5.51 Å². The van der Waals surface area contributed by atoms with E-state index in [0.29, 0.717) is 6.04 Å². The Kier molecular flexibility index (Phi) is 4.29. The van der Waals surface area contributed by atoms with Crippen LogP contribution in [0, 0.1) is 6.92 Å². The smallest absolute Gasteiger partial charge is 0.0794 e. The minimum Gasteiger partial charge on any atom is -0.310 e. The number of hydrogen-bond donors (Lipinski definition) is 1. The third-order valence-electron chi connectivity index (χ3n) is 2.97. The van der Waals surface area contributed by atoms with Crippen molar-refractivity contribution >= 4 is 11.3 Å². The highest BCUT2D eigenvalue weighted by Crippen LogP contribution is 2.16. The molecule has 1 aromatic carbocycles. The van der Waals surface area contributed by atoms with Gasteiger partial charge >= 0.3 is 0 Å². The van der Waals surface area contributed by atoms with Gasteiger partial charge in [0.15, 0.2) is 0 Å². The molecule has 0 radical (unpaired) electrons. The molecule has 1 heterocycles. The predicted molar refractivity (Wildman–Crippen MR) is 73.4 cm³/mol. The number of benzene rings is 1. The van der Waals surface area contributed by atoms with Crippen molar-refractivity contribution in [2.45, 2.75) is 26.3 Å². The summed E-state index contributed by atoms with van der Waals surface area (Å²) in [5, 5.41) is 5.65. The van der Waals surface area contributed by atoms with Crippen molar-refractivity contribution in [3.8, 4) is 0 Å². The first-order valence-corrected chi connectivity index (χ1v) is 6.87. The molecular formula is C14H18N2S. The first-order valence-electron chi connectivity index (χ1n) is 5.93. The van der Waals surface area contributed by atoms with Crippen LogP contribution in [0.4, 0.5) is 0 Å². The van der Waals surface area contributed by atoms with Crippen LogP contribution in [0.2, 0.25) is 0 Å². The lowest BCUT2D eigenvalue weighted by atomic mass is 10.0. The summed E-state index contributed by atoms with van der Waals surface area (Å²) in [6, 6.07) is 8.93. The molecule has 0 saturated carbocycles. The lowest BCUT2D eigenvalue weighted by Crippen LogP contribution is -2.22. The molecule has 1 atom stereocenters. The first-order chi connectivity index (χ1) is 8.27. The van der Waals surface area contributed by atoms with Crippen molar-refractivity contribution in [1.82, 2.24) is 10.3 Å². The summed E-state index contributed by atoms with van der Waals surface area (Å²) in [4.78, 5) is 4.28. The Morgan fingerprint density at radius 1 is 1.35 bits per heavy atom. The summed E-state index contributed by atoms with van der Waals surface area (Å²) >= 11 is 1.66. The fraction of sp³-hybridized carbons (Fsp3) is 0.357. The largest absolute Gasteiger partial charge is 0.310 e. The second-order valence-corrected chi connectivity index (χ2v) is 4.98. The molecule has 0 aliphatic carbocycles. The van der Waals surface area contributed by atoms with E-state index in [1.165, 1.54) is 16.8 Å². The minimum atomic E-state index is 0.398. The SMILES string of the molecule is Cc1ccccc1C(C)NCCc1cscn1. The maximum absolute atomic E-state index is 4.28. The number of rotatable bonds is 5. The summed E-state index contributed by atoms with van der Waals surface area (Å²) in [5.74, 6) is 0. The van der Waals surface area contributed by atoms with E-state index >= 15 is 0 Å². The van der Waals surface area contributed by atoms with Crippen LogP contribution < -0.4 is 5.32 Å². The summed E-state index contributed by atoms with van der Waals surface area (Å²) in [7, 11) is 0. The number of hydrogen-bond acceptors (Lipinski definition) is 3. The molecule has 0 aliphatic heterocycles. The minimum absolute atomic E-state index is 0.398. The first kappa shape index (κ1) is 12.3. The second kappa shape index (κ2) is 5.94. The fourth-order valence-electron chi connectivity index (χ4n) is 1.96. The van der Waals surface area contributed by atoms with Gasteiger partial charge in [-0.2, -0.15) is 0 Å². The Balaban J connectivity index is 1.85. The highest BCUT2D eigenvalue weighted by atomic mass is 32.1. The van der Waals surface area contributed by atoms with Gasteiger partial charge in [0.1, 0.15) is 0 Å². The molecule has 3 heteroatoms. The Labute approximate surface area is 107 Å². The van der Waals surface area contributed by atoms with E-state index in [1.54, 1.807) is 11.3 Å². The van der Waals surface area contributed by atoms with Gasteiger partial charge in [-0.3, -0.25) is 0 Å². The van der Waals surface area contributed by atoms with Crippen LogP contribution in [0.3, 0.4) is 0 Å². The fourth-order valence-corrected chi connectivity index (χ4v) is 2.55. The maximum Gasteiger partial charge on any atom is 0.0794 e. The molecule has 0 fully saturated rings. The van der Waals surface area contributed by atoms with Crippen molar-refractivity contribution in [3.05, 3.63) is 52.0 Å². The lowest BCUT2D eigenvalue weighted by molar-refractivity contribution is 0.572. The number of aryl methyl sites for hydroxylation is 1. The molecule has 0 aliphatic rings. The van der Waals surface area contributed by atoms with Crippen molar-refractivity contribution in [2.75, 3.05) is 6.54 Å². The molecule has 90 valence electrons. The molecule has 17 heavy (non-hydrogen) atoms. The number of nitrogens with zero attached hydrogens (tertiary/aromatic N) is 1. The zero-order valence-electron chi connectivity index (χ0n) is 10.3. The third kappa shape index (κ3) is 3.38. The Hall–Kier alpha value is -1.19. The molecule has 0 bridgehead atoms. The van der Waals surface area contributed by atoms with E-state index in [9.17, 15) is 0 Å². The van der Waals surface area contributed by atoms with Crippen LogP contribution in [0.25, 0.3) is 0 Å². The molecule has 2 nitrogen and oxygen atoms in total. The lowest BCUT2D eigenvalue weighted by Gasteiger charge is -2.16. The van der Waals surface area contributed by atoms with Crippen molar-refractivity contribution in [2.24, 2.45) is 0 Å². The number of nitrogens with one attached hydrogen (secondary N) is 1. The molecule has 2 aromatic rings. The van der Waals surface area contributed by atoms with E-state index in [4.69, 9.17) is 0 Å². The summed E-state index contributed by atoms with van der Waals surface area (Å²) in [5.41, 5.74) is 5.80. The van der Waals surface area contributed by atoms with Gasteiger partial charge in [0.2, 0.25) is 0 Å². The topological polar surface area (TPSA) is 24.9 Å². The van der Waals surface area contributed by atoms with Gasteiger partial charge in [0.25, 0.3) is 0 Å². The zero-order valence-corrected chi connectivity index (χ0v) is 11.1. The molecule has 0 amide bonds. The molecule has 0 spiro atoms. The summed E-state index contributed by atoms with van der Waals surface area (Å²) in [6.07, 6.45) is 1.000. The Bertz CT molecular complexity index is 451. The number of aromatic nitrogens is 1. The average molecular weight is 246 g/mol. The average Bonchev–Trinajstić information content (AvgIpc) is 2.82. The Morgan fingerprint density at radius 2 is 2.18 bits per heavy atom. The van der Waals surface area contributed by atoms with Crippen molar-refractivity contribution in [3.63, 3.8) is 0 Å². The molecule has 1 aromatic heterocycles. The number of thiazole rings is 1. The van der Waals surface area contributed by atoms with Crippen LogP contribution in [0.1, 0.15) is 29.8 Å². The molecule has 2 rings (SSSR count). The highest BCUT2D eigenvalue weighted by Gasteiger charge is 2.06. The third-order valence-corrected chi connectivity index (χ3v) is 3.61. The maximum atomic E-state index is 4.28. The van der Waals surface area contributed by atoms with E-state index in [2.05, 4.69) is 53.8 Å². The van der Waals surface area contributed by atoms with Crippen LogP contribution >= 0.6 is 11.3 Å². The highest BCUT2D eigenvalue weighted by molar-refractivity contribution is 7.07. The van der Waals surface area contributed by atoms with Gasteiger partial charge in [-0.15, -0.1) is 11.3 Å². The second-order valence-electron chi connectivity index (χ2n) is 4.26. The van der Waals surface area contributed by atoms with Crippen LogP contribution in [0.5, 0.6) is 0 Å². The van der Waals surface area contributed by atoms with Crippen LogP contribution in [0.15, 0.2) is 35.2 Å². The van der Waals surface area contributed by atoms with E-state index in [-0.39, 0.29) is 0 Å². The standard InChI is InChI=1S/C14H18N2S/c1-11-5-3-4-6-14(11)12(2)15-8-7-13-9-17-10-16-13/h3-6,9-10,12,15H,7-8H2,1-2H3. The summed E-state index contributed by atoms with van der Waals surface area (Å²) < 4.78 is 0. The Morgan fingerprint density at radius 3 is 2.88 bits per heavy atom. The zero-order chi connectivity index (χ0) is 12.1. The monoisotopic (exact) mass is 246 g/mol. The summed E-state index contributed by atoms with van der Waals surface area (Å²) in [6.45, 7) is 5.34. The van der Waals surface area contributed by atoms with Gasteiger partial charge in [0.05, 0.1) is 11.2 Å².